The molecule has 0 aliphatic carbocycles. The summed E-state index contributed by atoms with van der Waals surface area (Å²) in [4.78, 5) is 2.34. The standard InChI is InChI=1S/C23H39NO3/c1-2-3-4-5-6-7-8-9-10-11-12-13-15-24-16-14-19-17-21(25)23(27)22(26)20(19)18-24/h17,25-27H,2-16,18H2,1H3. The Labute approximate surface area is 165 Å². The van der Waals surface area contributed by atoms with Crippen LogP contribution in [0.1, 0.15) is 95.1 Å². The first-order valence-electron chi connectivity index (χ1n) is 11.1. The third-order valence-corrected chi connectivity index (χ3v) is 5.86. The van der Waals surface area contributed by atoms with E-state index in [4.69, 9.17) is 0 Å². The maximum atomic E-state index is 10.1. The van der Waals surface area contributed by atoms with Crippen molar-refractivity contribution < 1.29 is 15.3 Å². The Balaban J connectivity index is 1.52. The van der Waals surface area contributed by atoms with Gasteiger partial charge in [-0.15, -0.1) is 0 Å². The molecule has 3 N–H and O–H groups in total. The lowest BCUT2D eigenvalue weighted by Crippen LogP contribution is -2.31. The van der Waals surface area contributed by atoms with Gasteiger partial charge in [0.2, 0.25) is 5.75 Å². The third kappa shape index (κ3) is 7.25. The first kappa shape index (κ1) is 21.9. The second-order valence-electron chi connectivity index (χ2n) is 8.15. The second kappa shape index (κ2) is 12.1. The number of rotatable bonds is 13. The normalized spacial score (nSPS) is 14.4. The molecule has 1 aromatic carbocycles. The Morgan fingerprint density at radius 1 is 0.778 bits per heavy atom. The SMILES string of the molecule is CCCCCCCCCCCCCCN1CCc2cc(O)c(O)c(O)c2C1. The number of fused-ring (bicyclic) bond motifs is 1. The smallest absolute Gasteiger partial charge is 0.200 e. The fourth-order valence-electron chi connectivity index (χ4n) is 4.08. The van der Waals surface area contributed by atoms with E-state index in [1.165, 1.54) is 77.0 Å². The van der Waals surface area contributed by atoms with Gasteiger partial charge in [-0.2, -0.15) is 0 Å². The summed E-state index contributed by atoms with van der Waals surface area (Å²) in [7, 11) is 0. The van der Waals surface area contributed by atoms with Gasteiger partial charge in [0, 0.05) is 18.7 Å². The predicted octanol–water partition coefficient (Wildman–Crippen LogP) is 5.86. The molecule has 0 atom stereocenters. The van der Waals surface area contributed by atoms with Gasteiger partial charge in [-0.25, -0.2) is 0 Å². The summed E-state index contributed by atoms with van der Waals surface area (Å²) < 4.78 is 0. The van der Waals surface area contributed by atoms with E-state index >= 15 is 0 Å². The van der Waals surface area contributed by atoms with Crippen LogP contribution in [0, 0.1) is 0 Å². The van der Waals surface area contributed by atoms with Crippen molar-refractivity contribution in [1.82, 2.24) is 4.90 Å². The van der Waals surface area contributed by atoms with Crippen molar-refractivity contribution in [2.45, 2.75) is 96.9 Å². The molecule has 0 bridgehead atoms. The van der Waals surface area contributed by atoms with Crippen molar-refractivity contribution in [2.75, 3.05) is 13.1 Å². The zero-order chi connectivity index (χ0) is 19.5. The van der Waals surface area contributed by atoms with E-state index in [1.54, 1.807) is 6.07 Å². The number of benzene rings is 1. The highest BCUT2D eigenvalue weighted by Gasteiger charge is 2.23. The molecule has 1 aromatic rings. The summed E-state index contributed by atoms with van der Waals surface area (Å²) >= 11 is 0. The van der Waals surface area contributed by atoms with Gasteiger partial charge in [0.25, 0.3) is 0 Å². The Bertz CT molecular complexity index is 559. The molecule has 0 amide bonds. The Morgan fingerprint density at radius 3 is 1.93 bits per heavy atom. The van der Waals surface area contributed by atoms with Crippen LogP contribution in [-0.4, -0.2) is 33.3 Å². The van der Waals surface area contributed by atoms with Crippen molar-refractivity contribution >= 4 is 0 Å². The minimum atomic E-state index is -0.388. The highest BCUT2D eigenvalue weighted by molar-refractivity contribution is 5.57. The average molecular weight is 378 g/mol. The lowest BCUT2D eigenvalue weighted by molar-refractivity contribution is 0.241. The summed E-state index contributed by atoms with van der Waals surface area (Å²) in [6.45, 7) is 4.92. The lowest BCUT2D eigenvalue weighted by atomic mass is 9.97. The van der Waals surface area contributed by atoms with Gasteiger partial charge in [0.05, 0.1) is 0 Å². The van der Waals surface area contributed by atoms with E-state index in [9.17, 15) is 15.3 Å². The number of unbranched alkanes of at least 4 members (excludes halogenated alkanes) is 11. The maximum absolute atomic E-state index is 10.1. The summed E-state index contributed by atoms with van der Waals surface area (Å²) in [5, 5.41) is 29.4. The number of nitrogens with zero attached hydrogens (tertiary/aromatic N) is 1. The molecular formula is C23H39NO3. The average Bonchev–Trinajstić information content (AvgIpc) is 2.67. The molecule has 1 heterocycles. The molecular weight excluding hydrogens is 338 g/mol. The quantitative estimate of drug-likeness (QED) is 0.297. The van der Waals surface area contributed by atoms with Crippen LogP contribution in [0.25, 0.3) is 0 Å². The zero-order valence-electron chi connectivity index (χ0n) is 17.2. The summed E-state index contributed by atoms with van der Waals surface area (Å²) in [6.07, 6.45) is 17.1. The maximum Gasteiger partial charge on any atom is 0.200 e. The van der Waals surface area contributed by atoms with Crippen molar-refractivity contribution in [3.05, 3.63) is 17.2 Å². The van der Waals surface area contributed by atoms with Crippen LogP contribution in [-0.2, 0) is 13.0 Å². The molecule has 0 spiro atoms. The molecule has 0 aromatic heterocycles. The van der Waals surface area contributed by atoms with Crippen molar-refractivity contribution in [2.24, 2.45) is 0 Å². The first-order valence-corrected chi connectivity index (χ1v) is 11.1. The van der Waals surface area contributed by atoms with Gasteiger partial charge >= 0.3 is 0 Å². The molecule has 154 valence electrons. The molecule has 27 heavy (non-hydrogen) atoms. The van der Waals surface area contributed by atoms with Gasteiger partial charge in [0.15, 0.2) is 11.5 Å². The number of phenolic OH excluding ortho intramolecular Hbond substituents is 3. The summed E-state index contributed by atoms with van der Waals surface area (Å²) in [5.74, 6) is -0.758. The predicted molar refractivity (Wildman–Crippen MR) is 111 cm³/mol. The van der Waals surface area contributed by atoms with E-state index in [-0.39, 0.29) is 17.2 Å². The van der Waals surface area contributed by atoms with Crippen LogP contribution in [0.5, 0.6) is 17.2 Å². The zero-order valence-corrected chi connectivity index (χ0v) is 17.2. The molecule has 0 radical (unpaired) electrons. The van der Waals surface area contributed by atoms with E-state index in [2.05, 4.69) is 11.8 Å². The molecule has 1 aliphatic heterocycles. The summed E-state index contributed by atoms with van der Waals surface area (Å²) in [5.41, 5.74) is 1.73. The van der Waals surface area contributed by atoms with Gasteiger partial charge in [-0.05, 0) is 31.0 Å². The fourth-order valence-corrected chi connectivity index (χ4v) is 4.08. The van der Waals surface area contributed by atoms with Crippen LogP contribution < -0.4 is 0 Å². The molecule has 1 aliphatic rings. The largest absolute Gasteiger partial charge is 0.504 e. The molecule has 2 rings (SSSR count). The Hall–Kier alpha value is -1.42. The van der Waals surface area contributed by atoms with Crippen LogP contribution in [0.15, 0.2) is 6.07 Å². The minimum Gasteiger partial charge on any atom is -0.504 e. The van der Waals surface area contributed by atoms with Gasteiger partial charge in [-0.3, -0.25) is 4.90 Å². The fraction of sp³-hybridized carbons (Fsp3) is 0.739. The Kier molecular flexibility index (Phi) is 9.82. The molecule has 4 heteroatoms. The third-order valence-electron chi connectivity index (χ3n) is 5.86. The van der Waals surface area contributed by atoms with Crippen LogP contribution in [0.2, 0.25) is 0 Å². The lowest BCUT2D eigenvalue weighted by Gasteiger charge is -2.29. The minimum absolute atomic E-state index is 0.149. The molecule has 0 saturated heterocycles. The van der Waals surface area contributed by atoms with Gasteiger partial charge < -0.3 is 15.3 Å². The van der Waals surface area contributed by atoms with E-state index in [0.717, 1.165) is 30.6 Å². The highest BCUT2D eigenvalue weighted by Crippen LogP contribution is 2.41. The summed E-state index contributed by atoms with van der Waals surface area (Å²) in [6, 6.07) is 1.59. The van der Waals surface area contributed by atoms with Crippen molar-refractivity contribution in [1.29, 1.82) is 0 Å². The molecule has 0 saturated carbocycles. The number of phenols is 3. The molecule has 0 fully saturated rings. The number of hydrogen-bond acceptors (Lipinski definition) is 4. The van der Waals surface area contributed by atoms with Crippen LogP contribution >= 0.6 is 0 Å². The monoisotopic (exact) mass is 377 g/mol. The van der Waals surface area contributed by atoms with Gasteiger partial charge in [0.1, 0.15) is 0 Å². The topological polar surface area (TPSA) is 63.9 Å². The van der Waals surface area contributed by atoms with Crippen molar-refractivity contribution in [3.63, 3.8) is 0 Å². The van der Waals surface area contributed by atoms with Crippen molar-refractivity contribution in [3.8, 4) is 17.2 Å². The van der Waals surface area contributed by atoms with Gasteiger partial charge in [-0.1, -0.05) is 77.6 Å². The first-order chi connectivity index (χ1) is 13.1. The number of hydrogen-bond donors (Lipinski definition) is 3. The van der Waals surface area contributed by atoms with E-state index < -0.39 is 0 Å². The Morgan fingerprint density at radius 2 is 1.33 bits per heavy atom. The van der Waals surface area contributed by atoms with E-state index in [0.29, 0.717) is 6.54 Å². The van der Waals surface area contributed by atoms with Crippen LogP contribution in [0.4, 0.5) is 0 Å². The van der Waals surface area contributed by atoms with Crippen LogP contribution in [0.3, 0.4) is 0 Å². The second-order valence-corrected chi connectivity index (χ2v) is 8.15. The molecule has 0 unspecified atom stereocenters. The number of aromatic hydroxyl groups is 3. The molecule has 4 nitrogen and oxygen atoms in total. The highest BCUT2D eigenvalue weighted by atomic mass is 16.3. The van der Waals surface area contributed by atoms with E-state index in [1.807, 2.05) is 0 Å².